The van der Waals surface area contributed by atoms with Gasteiger partial charge in [-0.05, 0) is 6.42 Å². The van der Waals surface area contributed by atoms with E-state index in [4.69, 9.17) is 4.74 Å². The predicted molar refractivity (Wildman–Crippen MR) is 118 cm³/mol. The van der Waals surface area contributed by atoms with Gasteiger partial charge in [0.2, 0.25) is 0 Å². The fraction of sp³-hybridized carbons (Fsp3) is 0.600. The van der Waals surface area contributed by atoms with Crippen LogP contribution >= 0.6 is 0 Å². The van der Waals surface area contributed by atoms with Crippen LogP contribution in [0.3, 0.4) is 0 Å². The van der Waals surface area contributed by atoms with E-state index in [-0.39, 0.29) is 22.8 Å². The minimum atomic E-state index is -3.03. The summed E-state index contributed by atoms with van der Waals surface area (Å²) >= 11 is 0. The van der Waals surface area contributed by atoms with E-state index in [0.29, 0.717) is 12.2 Å². The molecule has 0 bridgehead atoms. The number of nitrogens with one attached hydrogen (secondary N) is 2. The number of ether oxygens (including phenoxy) is 1. The molecule has 0 spiro atoms. The Labute approximate surface area is 198 Å². The summed E-state index contributed by atoms with van der Waals surface area (Å²) in [7, 11) is 1.37. The van der Waals surface area contributed by atoms with Crippen molar-refractivity contribution in [1.29, 1.82) is 0 Å². The molecule has 13 nitrogen and oxygen atoms in total. The molecule has 4 N–H and O–H groups in total. The molecule has 1 aliphatic rings. The van der Waals surface area contributed by atoms with Crippen molar-refractivity contribution in [2.45, 2.75) is 63.7 Å². The van der Waals surface area contributed by atoms with Crippen LogP contribution in [-0.2, 0) is 16.1 Å². The van der Waals surface area contributed by atoms with Crippen LogP contribution in [-0.4, -0.2) is 88.5 Å². The van der Waals surface area contributed by atoms with Crippen molar-refractivity contribution in [3.63, 3.8) is 0 Å². The van der Waals surface area contributed by atoms with Gasteiger partial charge in [0.05, 0.1) is 19.1 Å². The molecule has 0 unspecified atom stereocenters. The maximum absolute atomic E-state index is 13.6. The molecule has 4 rings (SSSR count). The lowest BCUT2D eigenvalue weighted by atomic mass is 10.1. The van der Waals surface area contributed by atoms with Crippen molar-refractivity contribution in [3.8, 4) is 11.5 Å². The largest absolute Gasteiger partial charge is 0.387 e. The Kier molecular flexibility index (Phi) is 6.91. The van der Waals surface area contributed by atoms with Gasteiger partial charge >= 0.3 is 0 Å². The molecule has 190 valence electrons. The number of nitrogens with zero attached hydrogens (tertiary/aromatic N) is 7. The Bertz CT molecular complexity index is 1200. The van der Waals surface area contributed by atoms with Gasteiger partial charge in [-0.1, -0.05) is 18.6 Å². The number of aryl methyl sites for hydroxylation is 1. The van der Waals surface area contributed by atoms with Gasteiger partial charge in [0.25, 0.3) is 11.8 Å². The first-order chi connectivity index (χ1) is 16.6. The number of aromatic nitrogens is 7. The predicted octanol–water partition coefficient (Wildman–Crippen LogP) is 0.317. The minimum absolute atomic E-state index is 0.0178. The van der Waals surface area contributed by atoms with Gasteiger partial charge in [-0.2, -0.15) is 0 Å². The lowest BCUT2D eigenvalue weighted by Crippen LogP contribution is -2.41. The van der Waals surface area contributed by atoms with Crippen molar-refractivity contribution >= 4 is 22.9 Å². The van der Waals surface area contributed by atoms with E-state index >= 15 is 0 Å². The summed E-state index contributed by atoms with van der Waals surface area (Å²) < 4.78 is 35.7. The fourth-order valence-corrected chi connectivity index (χ4v) is 3.66. The number of hydrogen-bond donors (Lipinski definition) is 4. The summed E-state index contributed by atoms with van der Waals surface area (Å²) in [5, 5.41) is 34.0. The smallest absolute Gasteiger partial charge is 0.262 e. The Morgan fingerprint density at radius 2 is 2.06 bits per heavy atom. The van der Waals surface area contributed by atoms with Crippen molar-refractivity contribution in [1.82, 2.24) is 39.8 Å². The van der Waals surface area contributed by atoms with Gasteiger partial charge < -0.3 is 25.6 Å². The number of alkyl halides is 2. The summed E-state index contributed by atoms with van der Waals surface area (Å²) in [5.41, 5.74) is 0.553. The summed E-state index contributed by atoms with van der Waals surface area (Å²) in [6.07, 6.45) is -0.782. The fourth-order valence-electron chi connectivity index (χ4n) is 3.66. The molecule has 4 atom stereocenters. The number of aliphatic hydroxyl groups excluding tert-OH is 2. The standard InChI is InChI=1S/C20H27F2N9O4/c1-4-5-6-30-7-10(28-29-30)15-26-16(24-8-20(2,21)22)11-17(27-15)31(9-25-11)19-13(33)12(32)14(35-19)18(34)23-3/h7,9,12-14,19,32-33H,4-6,8H2,1-3H3,(H,23,34)(H,24,26,27)/t12-,13+,14-,19+/m0/s1. The number of likely N-dealkylation sites (N-methyl/N-ethyl adjacent to an activating group) is 1. The number of unbranched alkanes of at least 4 members (excludes halogenated alkanes) is 1. The zero-order chi connectivity index (χ0) is 25.3. The van der Waals surface area contributed by atoms with Crippen LogP contribution in [0.15, 0.2) is 12.5 Å². The maximum atomic E-state index is 13.6. The van der Waals surface area contributed by atoms with E-state index in [2.05, 4.69) is 35.9 Å². The molecule has 1 fully saturated rings. The van der Waals surface area contributed by atoms with Crippen LogP contribution in [0.2, 0.25) is 0 Å². The highest BCUT2D eigenvalue weighted by molar-refractivity contribution is 5.85. The van der Waals surface area contributed by atoms with Crippen molar-refractivity contribution in [2.24, 2.45) is 0 Å². The van der Waals surface area contributed by atoms with Gasteiger partial charge in [-0.15, -0.1) is 5.10 Å². The van der Waals surface area contributed by atoms with Gasteiger partial charge in [0.1, 0.15) is 17.9 Å². The second-order valence-corrected chi connectivity index (χ2v) is 8.41. The number of anilines is 1. The summed E-state index contributed by atoms with van der Waals surface area (Å²) in [6.45, 7) is 2.73. The Morgan fingerprint density at radius 3 is 2.74 bits per heavy atom. The van der Waals surface area contributed by atoms with Crippen LogP contribution in [0.4, 0.5) is 14.6 Å². The quantitative estimate of drug-likeness (QED) is 0.325. The van der Waals surface area contributed by atoms with Gasteiger partial charge in [-0.25, -0.2) is 23.7 Å². The number of amides is 1. The molecule has 3 aromatic heterocycles. The highest BCUT2D eigenvalue weighted by Crippen LogP contribution is 2.33. The highest BCUT2D eigenvalue weighted by atomic mass is 19.3. The molecular formula is C20H27F2N9O4. The Balaban J connectivity index is 1.77. The van der Waals surface area contributed by atoms with Crippen LogP contribution < -0.4 is 10.6 Å². The van der Waals surface area contributed by atoms with Crippen LogP contribution in [0.5, 0.6) is 0 Å². The molecule has 0 aromatic carbocycles. The molecule has 0 saturated carbocycles. The van der Waals surface area contributed by atoms with Gasteiger partial charge in [-0.3, -0.25) is 14.0 Å². The normalized spacial score (nSPS) is 22.6. The van der Waals surface area contributed by atoms with Crippen molar-refractivity contribution < 1.29 is 28.5 Å². The molecule has 1 saturated heterocycles. The molecule has 0 aliphatic carbocycles. The molecule has 1 aliphatic heterocycles. The third kappa shape index (κ3) is 5.06. The molecule has 15 heteroatoms. The van der Waals surface area contributed by atoms with Crippen LogP contribution in [0, 0.1) is 0 Å². The van der Waals surface area contributed by atoms with Crippen molar-refractivity contribution in [3.05, 3.63) is 12.5 Å². The monoisotopic (exact) mass is 495 g/mol. The van der Waals surface area contributed by atoms with E-state index in [1.54, 1.807) is 10.9 Å². The lowest BCUT2D eigenvalue weighted by molar-refractivity contribution is -0.137. The summed E-state index contributed by atoms with van der Waals surface area (Å²) in [6, 6.07) is 0. The van der Waals surface area contributed by atoms with Gasteiger partial charge in [0, 0.05) is 20.5 Å². The zero-order valence-electron chi connectivity index (χ0n) is 19.4. The highest BCUT2D eigenvalue weighted by Gasteiger charge is 2.47. The first-order valence-corrected chi connectivity index (χ1v) is 11.1. The number of carbonyl (C=O) groups is 1. The zero-order valence-corrected chi connectivity index (χ0v) is 19.4. The van der Waals surface area contributed by atoms with Gasteiger partial charge in [0.15, 0.2) is 35.1 Å². The maximum Gasteiger partial charge on any atom is 0.262 e. The third-order valence-electron chi connectivity index (χ3n) is 5.51. The number of rotatable bonds is 9. The minimum Gasteiger partial charge on any atom is -0.387 e. The van der Waals surface area contributed by atoms with E-state index < -0.39 is 42.9 Å². The summed E-state index contributed by atoms with van der Waals surface area (Å²) in [4.78, 5) is 25.1. The number of halogens is 2. The second kappa shape index (κ2) is 9.75. The average Bonchev–Trinajstić information content (AvgIpc) is 3.53. The third-order valence-corrected chi connectivity index (χ3v) is 5.51. The lowest BCUT2D eigenvalue weighted by Gasteiger charge is -2.17. The van der Waals surface area contributed by atoms with E-state index in [1.165, 1.54) is 17.9 Å². The first kappa shape index (κ1) is 24.8. The number of imidazole rings is 1. The van der Waals surface area contributed by atoms with E-state index in [1.807, 2.05) is 6.92 Å². The number of hydrogen-bond acceptors (Lipinski definition) is 10. The van der Waals surface area contributed by atoms with E-state index in [0.717, 1.165) is 19.8 Å². The number of fused-ring (bicyclic) bond motifs is 1. The summed E-state index contributed by atoms with van der Waals surface area (Å²) in [5.74, 6) is -3.54. The molecule has 4 heterocycles. The number of carbonyl (C=O) groups excluding carboxylic acids is 1. The molecule has 0 radical (unpaired) electrons. The SMILES string of the molecule is CCCCn1cc(-c2nc(NCC(C)(F)F)c3ncn([C@@H]4O[C@H](C(=O)NC)[C@@H](O)[C@H]4O)c3n2)nn1. The topological polar surface area (TPSA) is 165 Å². The molecule has 1 amide bonds. The molecule has 35 heavy (non-hydrogen) atoms. The second-order valence-electron chi connectivity index (χ2n) is 8.41. The molecule has 3 aromatic rings. The number of aliphatic hydroxyl groups is 2. The van der Waals surface area contributed by atoms with Crippen LogP contribution in [0.1, 0.15) is 32.9 Å². The Hall–Kier alpha value is -3.30. The van der Waals surface area contributed by atoms with Crippen molar-refractivity contribution in [2.75, 3.05) is 18.9 Å². The van der Waals surface area contributed by atoms with E-state index in [9.17, 15) is 23.8 Å². The van der Waals surface area contributed by atoms with Crippen LogP contribution in [0.25, 0.3) is 22.7 Å². The molecular weight excluding hydrogens is 468 g/mol. The Morgan fingerprint density at radius 1 is 1.29 bits per heavy atom. The average molecular weight is 495 g/mol. The first-order valence-electron chi connectivity index (χ1n) is 11.1.